The van der Waals surface area contributed by atoms with E-state index in [1.165, 1.54) is 5.56 Å². The third kappa shape index (κ3) is 5.75. The lowest BCUT2D eigenvalue weighted by Crippen LogP contribution is -2.53. The Labute approximate surface area is 329 Å². The summed E-state index contributed by atoms with van der Waals surface area (Å²) in [5.41, 5.74) is 6.55. The van der Waals surface area contributed by atoms with Crippen LogP contribution in [0.4, 0.5) is 5.69 Å². The number of hydrazine groups is 1. The molecule has 0 bridgehead atoms. The molecule has 1 saturated carbocycles. The van der Waals surface area contributed by atoms with Gasteiger partial charge in [0.15, 0.2) is 0 Å². The summed E-state index contributed by atoms with van der Waals surface area (Å²) in [7, 11) is 0. The average Bonchev–Trinajstić information content (AvgIpc) is 3.58. The van der Waals surface area contributed by atoms with E-state index >= 15 is 4.79 Å². The lowest BCUT2D eigenvalue weighted by molar-refractivity contribution is -0.144. The van der Waals surface area contributed by atoms with Crippen molar-refractivity contribution in [1.29, 1.82) is 0 Å². The first-order valence-corrected chi connectivity index (χ1v) is 20.0. The smallest absolute Gasteiger partial charge is 0.260 e. The predicted octanol–water partition coefficient (Wildman–Crippen LogP) is 7.11. The summed E-state index contributed by atoms with van der Waals surface area (Å²) in [6, 6.07) is 32.2. The molecule has 4 aromatic rings. The van der Waals surface area contributed by atoms with E-state index in [4.69, 9.17) is 0 Å². The number of hydrogen-bond acceptors (Lipinski definition) is 7. The maximum Gasteiger partial charge on any atom is 0.260 e. The summed E-state index contributed by atoms with van der Waals surface area (Å²) >= 11 is 3.61. The quantitative estimate of drug-likeness (QED) is 0.152. The third-order valence-corrected chi connectivity index (χ3v) is 13.4. The number of imide groups is 2. The van der Waals surface area contributed by atoms with Crippen molar-refractivity contribution in [2.75, 3.05) is 18.5 Å². The predicted molar refractivity (Wildman–Crippen MR) is 211 cm³/mol. The number of carbonyl (C=O) groups excluding carboxylic acids is 4. The first-order valence-electron chi connectivity index (χ1n) is 19.3. The molecule has 6 atom stereocenters. The Morgan fingerprint density at radius 1 is 0.818 bits per heavy atom. The van der Waals surface area contributed by atoms with Gasteiger partial charge in [-0.2, -0.15) is 5.01 Å². The van der Waals surface area contributed by atoms with Gasteiger partial charge in [0, 0.05) is 41.6 Å². The Kier molecular flexibility index (Phi) is 9.01. The highest BCUT2D eigenvalue weighted by Gasteiger charge is 2.70. The molecule has 3 aliphatic heterocycles. The molecule has 280 valence electrons. The van der Waals surface area contributed by atoms with Gasteiger partial charge in [0.25, 0.3) is 11.8 Å². The van der Waals surface area contributed by atoms with E-state index in [-0.39, 0.29) is 30.0 Å². The van der Waals surface area contributed by atoms with E-state index in [0.29, 0.717) is 40.5 Å². The number of anilines is 1. The summed E-state index contributed by atoms with van der Waals surface area (Å²) in [4.78, 5) is 63.3. The minimum absolute atomic E-state index is 0.00571. The summed E-state index contributed by atoms with van der Waals surface area (Å²) in [6.07, 6.45) is 4.01. The number of halogens is 1. The number of hydrogen-bond donors (Lipinski definition) is 2. The highest BCUT2D eigenvalue weighted by atomic mass is 79.9. The number of nitrogens with zero attached hydrogens (tertiary/aromatic N) is 3. The number of phenolic OH excluding ortho intramolecular Hbond substituents is 1. The van der Waals surface area contributed by atoms with Crippen LogP contribution in [0.3, 0.4) is 0 Å². The van der Waals surface area contributed by atoms with Crippen molar-refractivity contribution in [2.24, 2.45) is 23.7 Å². The molecule has 9 nitrogen and oxygen atoms in total. The van der Waals surface area contributed by atoms with Gasteiger partial charge in [-0.1, -0.05) is 106 Å². The van der Waals surface area contributed by atoms with E-state index in [1.54, 1.807) is 17.0 Å². The first-order chi connectivity index (χ1) is 26.7. The lowest BCUT2D eigenvalue weighted by Gasteiger charge is -2.50. The fraction of sp³-hybridized carbons (Fsp3) is 0.333. The number of rotatable bonds is 7. The second-order valence-electron chi connectivity index (χ2n) is 15.8. The normalized spacial score (nSPS) is 28.2. The van der Waals surface area contributed by atoms with Crippen LogP contribution in [0.5, 0.6) is 5.75 Å². The van der Waals surface area contributed by atoms with E-state index in [2.05, 4.69) is 38.4 Å². The summed E-state index contributed by atoms with van der Waals surface area (Å²) in [5.74, 6) is -4.51. The van der Waals surface area contributed by atoms with Gasteiger partial charge in [-0.25, -0.2) is 0 Å². The SMILES string of the molecule is Cc1ccc(NN2C(=O)[C@@H]3C[C@@H]4C(=CC[C@@H]5C(=O)N(C6CCN(Cc7ccccc7)CC6)C(=O)[C@@H]54)[C@H](c4cc(Br)ccc4O)[C@]3(c3ccccc3)C2=O)cc1. The Morgan fingerprint density at radius 3 is 2.22 bits per heavy atom. The van der Waals surface area contributed by atoms with Crippen LogP contribution in [-0.2, 0) is 31.1 Å². The molecule has 0 unspecified atom stereocenters. The van der Waals surface area contributed by atoms with Crippen LogP contribution < -0.4 is 5.43 Å². The minimum Gasteiger partial charge on any atom is -0.508 e. The Morgan fingerprint density at radius 2 is 1.51 bits per heavy atom. The summed E-state index contributed by atoms with van der Waals surface area (Å²) < 4.78 is 0.708. The van der Waals surface area contributed by atoms with Crippen molar-refractivity contribution in [3.8, 4) is 5.75 Å². The van der Waals surface area contributed by atoms with Crippen LogP contribution in [0.25, 0.3) is 0 Å². The van der Waals surface area contributed by atoms with Crippen LogP contribution >= 0.6 is 15.9 Å². The molecule has 3 saturated heterocycles. The first kappa shape index (κ1) is 35.6. The number of likely N-dealkylation sites (tertiary alicyclic amines) is 2. The molecular formula is C45H43BrN4O5. The van der Waals surface area contributed by atoms with Crippen molar-refractivity contribution in [3.63, 3.8) is 0 Å². The number of carbonyl (C=O) groups is 4. The van der Waals surface area contributed by atoms with Crippen LogP contribution in [0.15, 0.2) is 119 Å². The molecule has 55 heavy (non-hydrogen) atoms. The molecule has 9 rings (SSSR count). The zero-order valence-corrected chi connectivity index (χ0v) is 32.2. The van der Waals surface area contributed by atoms with Gasteiger partial charge in [-0.3, -0.25) is 34.4 Å². The Balaban J connectivity index is 1.11. The molecular weight excluding hydrogens is 756 g/mol. The van der Waals surface area contributed by atoms with E-state index < -0.39 is 46.8 Å². The largest absolute Gasteiger partial charge is 0.508 e. The number of aryl methyl sites for hydroxylation is 1. The topological polar surface area (TPSA) is 110 Å². The standard InChI is InChI=1S/C45H43BrN4O5/c1-27-12-15-31(16-13-27)47-50-42(53)37-25-35-33(40(36-24-30(46)14-19-38(36)51)45(37,44(50)55)29-10-6-3-7-11-29)17-18-34-39(35)43(54)49(41(34)52)32-20-22-48(23-21-32)26-28-8-4-2-5-9-28/h2-17,19,24,32,34-35,37,39-40,47,51H,18,20-23,25-26H2,1H3/t34-,35+,37-,39-,40+,45+/m0/s1. The average molecular weight is 800 g/mol. The van der Waals surface area contributed by atoms with E-state index in [1.807, 2.05) is 91.9 Å². The van der Waals surface area contributed by atoms with Crippen molar-refractivity contribution in [2.45, 2.75) is 56.5 Å². The highest BCUT2D eigenvalue weighted by molar-refractivity contribution is 9.10. The molecule has 2 aliphatic carbocycles. The molecule has 4 aromatic carbocycles. The number of piperidine rings is 1. The van der Waals surface area contributed by atoms with Crippen LogP contribution in [0.2, 0.25) is 0 Å². The Bertz CT molecular complexity index is 2200. The fourth-order valence-electron chi connectivity index (χ4n) is 10.4. The molecule has 3 heterocycles. The third-order valence-electron chi connectivity index (χ3n) is 12.9. The number of nitrogens with one attached hydrogen (secondary N) is 1. The Hall–Kier alpha value is -5.06. The summed E-state index contributed by atoms with van der Waals surface area (Å²) in [6.45, 7) is 4.36. The maximum atomic E-state index is 15.3. The number of phenols is 1. The maximum absolute atomic E-state index is 15.3. The molecule has 4 amide bonds. The number of aromatic hydroxyl groups is 1. The highest BCUT2D eigenvalue weighted by Crippen LogP contribution is 2.65. The number of fused-ring (bicyclic) bond motifs is 4. The minimum atomic E-state index is -1.44. The zero-order chi connectivity index (χ0) is 38.0. The molecule has 0 spiro atoms. The molecule has 0 aromatic heterocycles. The lowest BCUT2D eigenvalue weighted by atomic mass is 9.49. The van der Waals surface area contributed by atoms with Crippen LogP contribution in [-0.4, -0.2) is 62.7 Å². The molecule has 5 aliphatic rings. The van der Waals surface area contributed by atoms with Gasteiger partial charge in [0.1, 0.15) is 5.75 Å². The van der Waals surface area contributed by atoms with E-state index in [9.17, 15) is 19.5 Å². The van der Waals surface area contributed by atoms with Gasteiger partial charge in [0.05, 0.1) is 28.9 Å². The van der Waals surface area contributed by atoms with Gasteiger partial charge in [0.2, 0.25) is 11.8 Å². The van der Waals surface area contributed by atoms with Crippen molar-refractivity contribution in [1.82, 2.24) is 14.8 Å². The monoisotopic (exact) mass is 798 g/mol. The van der Waals surface area contributed by atoms with Gasteiger partial charge >= 0.3 is 0 Å². The van der Waals surface area contributed by atoms with Crippen molar-refractivity contribution < 1.29 is 24.3 Å². The van der Waals surface area contributed by atoms with Gasteiger partial charge in [-0.15, -0.1) is 0 Å². The number of benzene rings is 4. The number of allylic oxidation sites excluding steroid dienone is 2. The number of amides is 4. The molecule has 2 N–H and O–H groups in total. The fourth-order valence-corrected chi connectivity index (χ4v) is 10.8. The zero-order valence-electron chi connectivity index (χ0n) is 30.6. The van der Waals surface area contributed by atoms with Gasteiger partial charge < -0.3 is 5.11 Å². The van der Waals surface area contributed by atoms with E-state index in [0.717, 1.165) is 35.8 Å². The molecule has 10 heteroatoms. The van der Waals surface area contributed by atoms with Gasteiger partial charge in [-0.05, 0) is 80.0 Å². The second-order valence-corrected chi connectivity index (χ2v) is 16.7. The summed E-state index contributed by atoms with van der Waals surface area (Å²) in [5, 5.41) is 12.8. The van der Waals surface area contributed by atoms with Crippen molar-refractivity contribution in [3.05, 3.63) is 142 Å². The molecule has 4 fully saturated rings. The van der Waals surface area contributed by atoms with Crippen LogP contribution in [0.1, 0.15) is 53.9 Å². The second kappa shape index (κ2) is 13.9. The van der Waals surface area contributed by atoms with Crippen molar-refractivity contribution >= 4 is 45.2 Å². The molecule has 0 radical (unpaired) electrons. The van der Waals surface area contributed by atoms with Crippen LogP contribution in [0, 0.1) is 30.6 Å².